The Kier molecular flexibility index (Phi) is 5.96. The van der Waals surface area contributed by atoms with Crippen molar-refractivity contribution in [1.82, 2.24) is 4.98 Å². The van der Waals surface area contributed by atoms with E-state index in [4.69, 9.17) is 0 Å². The van der Waals surface area contributed by atoms with Crippen LogP contribution < -0.4 is 0 Å². The number of allylic oxidation sites excluding steroid dienone is 2. The summed E-state index contributed by atoms with van der Waals surface area (Å²) >= 11 is 0. The molecule has 0 N–H and O–H groups in total. The first-order valence-corrected chi connectivity index (χ1v) is 12.6. The largest absolute Gasteiger partial charge is 0.256 e. The number of nitrogens with zero attached hydrogens (tertiary/aromatic N) is 1. The number of hydrogen-bond acceptors (Lipinski definition) is 1. The van der Waals surface area contributed by atoms with Gasteiger partial charge in [-0.15, -0.1) is 0 Å². The minimum atomic E-state index is 0.973. The van der Waals surface area contributed by atoms with E-state index in [0.29, 0.717) is 0 Å². The van der Waals surface area contributed by atoms with Crippen molar-refractivity contribution in [2.75, 3.05) is 0 Å². The van der Waals surface area contributed by atoms with Crippen molar-refractivity contribution in [3.63, 3.8) is 0 Å². The molecule has 0 radical (unpaired) electrons. The summed E-state index contributed by atoms with van der Waals surface area (Å²) in [6, 6.07) is 42.7. The van der Waals surface area contributed by atoms with Gasteiger partial charge < -0.3 is 0 Å². The van der Waals surface area contributed by atoms with E-state index in [1.54, 1.807) is 0 Å². The Morgan fingerprint density at radius 2 is 1.41 bits per heavy atom. The highest BCUT2D eigenvalue weighted by Gasteiger charge is 2.13. The van der Waals surface area contributed by atoms with Gasteiger partial charge in [-0.05, 0) is 74.9 Å². The summed E-state index contributed by atoms with van der Waals surface area (Å²) in [6.07, 6.45) is 4.10. The fourth-order valence-electron chi connectivity index (χ4n) is 5.14. The number of hydrogen-bond donors (Lipinski definition) is 0. The summed E-state index contributed by atoms with van der Waals surface area (Å²) in [6.45, 7) is 6.72. The fraction of sp³-hybridized carbons (Fsp3) is 0.0278. The summed E-state index contributed by atoms with van der Waals surface area (Å²) in [4.78, 5) is 4.66. The van der Waals surface area contributed by atoms with Gasteiger partial charge in [0.05, 0.1) is 5.52 Å². The molecule has 176 valence electrons. The lowest BCUT2D eigenvalue weighted by Crippen LogP contribution is -1.95. The second kappa shape index (κ2) is 9.72. The average Bonchev–Trinajstić information content (AvgIpc) is 2.96. The summed E-state index contributed by atoms with van der Waals surface area (Å²) < 4.78 is 0. The maximum absolute atomic E-state index is 4.66. The topological polar surface area (TPSA) is 12.9 Å². The molecule has 0 bridgehead atoms. The third-order valence-electron chi connectivity index (χ3n) is 6.99. The predicted octanol–water partition coefficient (Wildman–Crippen LogP) is 9.51. The molecule has 5 aromatic carbocycles. The monoisotopic (exact) mass is 473 g/mol. The Bertz CT molecular complexity index is 1790. The maximum Gasteiger partial charge on any atom is 0.0780 e. The fourth-order valence-corrected chi connectivity index (χ4v) is 5.14. The lowest BCUT2D eigenvalue weighted by Gasteiger charge is -2.16. The van der Waals surface area contributed by atoms with Crippen LogP contribution in [0.1, 0.15) is 22.3 Å². The SMILES string of the molecule is C=C(/C=C(/c1ccccc1)c1c(C)ccc2ccccc12)c1cccc(-c2cccc3cccnc23)c1. The molecule has 37 heavy (non-hydrogen) atoms. The first-order chi connectivity index (χ1) is 18.2. The molecule has 0 amide bonds. The quantitative estimate of drug-likeness (QED) is 0.227. The van der Waals surface area contributed by atoms with Gasteiger partial charge in [-0.25, -0.2) is 0 Å². The predicted molar refractivity (Wildman–Crippen MR) is 158 cm³/mol. The number of aryl methyl sites for hydroxylation is 1. The third-order valence-corrected chi connectivity index (χ3v) is 6.99. The van der Waals surface area contributed by atoms with E-state index in [1.165, 1.54) is 33.0 Å². The van der Waals surface area contributed by atoms with Crippen LogP contribution in [-0.2, 0) is 0 Å². The smallest absolute Gasteiger partial charge is 0.0780 e. The van der Waals surface area contributed by atoms with Gasteiger partial charge in [0.1, 0.15) is 0 Å². The highest BCUT2D eigenvalue weighted by molar-refractivity contribution is 6.02. The standard InChI is InChI=1S/C36H27N/c1-25-20-21-28-13-6-7-18-32(28)35(25)34(27-11-4-3-5-12-27)23-26(2)30-15-8-16-31(24-30)33-19-9-14-29-17-10-22-37-36(29)33/h3-24H,2H2,1H3/b34-23-. The second-order valence-electron chi connectivity index (χ2n) is 9.39. The van der Waals surface area contributed by atoms with Gasteiger partial charge in [0.2, 0.25) is 0 Å². The molecule has 1 nitrogen and oxygen atoms in total. The molecule has 0 atom stereocenters. The van der Waals surface area contributed by atoms with Crippen LogP contribution in [0.4, 0.5) is 0 Å². The normalized spacial score (nSPS) is 11.6. The molecule has 0 aliphatic carbocycles. The van der Waals surface area contributed by atoms with Crippen molar-refractivity contribution in [1.29, 1.82) is 0 Å². The summed E-state index contributed by atoms with van der Waals surface area (Å²) in [5.74, 6) is 0. The van der Waals surface area contributed by atoms with E-state index in [9.17, 15) is 0 Å². The molecule has 6 aromatic rings. The van der Waals surface area contributed by atoms with Crippen molar-refractivity contribution in [2.24, 2.45) is 0 Å². The van der Waals surface area contributed by atoms with Gasteiger partial charge in [0.25, 0.3) is 0 Å². The van der Waals surface area contributed by atoms with Crippen LogP contribution in [0.3, 0.4) is 0 Å². The number of para-hydroxylation sites is 1. The molecule has 0 unspecified atom stereocenters. The zero-order chi connectivity index (χ0) is 25.2. The third kappa shape index (κ3) is 4.37. The zero-order valence-electron chi connectivity index (χ0n) is 20.9. The van der Waals surface area contributed by atoms with Crippen LogP contribution >= 0.6 is 0 Å². The van der Waals surface area contributed by atoms with Gasteiger partial charge in [-0.3, -0.25) is 4.98 Å². The number of aromatic nitrogens is 1. The molecule has 0 aliphatic heterocycles. The summed E-state index contributed by atoms with van der Waals surface area (Å²) in [7, 11) is 0. The van der Waals surface area contributed by atoms with Crippen LogP contribution in [0.5, 0.6) is 0 Å². The van der Waals surface area contributed by atoms with Crippen LogP contribution in [0.25, 0.3) is 43.9 Å². The molecular weight excluding hydrogens is 446 g/mol. The van der Waals surface area contributed by atoms with Crippen LogP contribution in [0.15, 0.2) is 140 Å². The van der Waals surface area contributed by atoms with Gasteiger partial charge >= 0.3 is 0 Å². The number of pyridine rings is 1. The van der Waals surface area contributed by atoms with E-state index >= 15 is 0 Å². The Balaban J connectivity index is 1.50. The lowest BCUT2D eigenvalue weighted by atomic mass is 9.87. The first kappa shape index (κ1) is 22.7. The molecule has 0 spiro atoms. The Morgan fingerprint density at radius 3 is 2.30 bits per heavy atom. The molecule has 1 aromatic heterocycles. The van der Waals surface area contributed by atoms with Crippen molar-refractivity contribution in [2.45, 2.75) is 6.92 Å². The zero-order valence-corrected chi connectivity index (χ0v) is 20.9. The van der Waals surface area contributed by atoms with E-state index < -0.39 is 0 Å². The van der Waals surface area contributed by atoms with Crippen molar-refractivity contribution in [3.05, 3.63) is 162 Å². The first-order valence-electron chi connectivity index (χ1n) is 12.6. The molecule has 0 saturated carbocycles. The molecule has 0 saturated heterocycles. The minimum absolute atomic E-state index is 0.973. The molecular formula is C36H27N. The van der Waals surface area contributed by atoms with E-state index in [0.717, 1.165) is 33.2 Å². The summed E-state index contributed by atoms with van der Waals surface area (Å²) in [5.41, 5.74) is 10.2. The highest BCUT2D eigenvalue weighted by atomic mass is 14.6. The second-order valence-corrected chi connectivity index (χ2v) is 9.39. The van der Waals surface area contributed by atoms with Crippen molar-refractivity contribution >= 4 is 32.8 Å². The van der Waals surface area contributed by atoms with Crippen LogP contribution in [0, 0.1) is 6.92 Å². The molecule has 0 aliphatic rings. The maximum atomic E-state index is 4.66. The van der Waals surface area contributed by atoms with Gasteiger partial charge in [-0.2, -0.15) is 0 Å². The minimum Gasteiger partial charge on any atom is -0.256 e. The van der Waals surface area contributed by atoms with E-state index in [1.807, 2.05) is 12.3 Å². The Morgan fingerprint density at radius 1 is 0.676 bits per heavy atom. The molecule has 0 fully saturated rings. The number of benzene rings is 5. The van der Waals surface area contributed by atoms with Crippen molar-refractivity contribution in [3.8, 4) is 11.1 Å². The van der Waals surface area contributed by atoms with Gasteiger partial charge in [0.15, 0.2) is 0 Å². The highest BCUT2D eigenvalue weighted by Crippen LogP contribution is 2.36. The molecule has 6 rings (SSSR count). The lowest BCUT2D eigenvalue weighted by molar-refractivity contribution is 1.41. The van der Waals surface area contributed by atoms with Gasteiger partial charge in [0, 0.05) is 17.1 Å². The van der Waals surface area contributed by atoms with Crippen LogP contribution in [-0.4, -0.2) is 4.98 Å². The molecule has 1 heterocycles. The Hall–Kier alpha value is -4.75. The van der Waals surface area contributed by atoms with E-state index in [2.05, 4.69) is 140 Å². The van der Waals surface area contributed by atoms with Gasteiger partial charge in [-0.1, -0.05) is 116 Å². The van der Waals surface area contributed by atoms with E-state index in [-0.39, 0.29) is 0 Å². The number of rotatable bonds is 5. The number of fused-ring (bicyclic) bond motifs is 2. The summed E-state index contributed by atoms with van der Waals surface area (Å²) in [5, 5.41) is 3.63. The Labute approximate surface area is 218 Å². The van der Waals surface area contributed by atoms with Crippen LogP contribution in [0.2, 0.25) is 0 Å². The molecule has 1 heteroatoms. The van der Waals surface area contributed by atoms with Crippen molar-refractivity contribution < 1.29 is 0 Å². The average molecular weight is 474 g/mol.